The van der Waals surface area contributed by atoms with Crippen molar-refractivity contribution >= 4 is 33.4 Å². The number of halogens is 5. The number of thioether (sulfide) groups is 1. The van der Waals surface area contributed by atoms with Crippen molar-refractivity contribution in [3.63, 3.8) is 0 Å². The first-order chi connectivity index (χ1) is 14.3. The summed E-state index contributed by atoms with van der Waals surface area (Å²) in [7, 11) is 0. The van der Waals surface area contributed by atoms with E-state index in [-0.39, 0.29) is 15.5 Å². The molecule has 0 saturated carbocycles. The molecule has 4 aromatic rings. The smallest absolute Gasteiger partial charge is 0.278 e. The highest BCUT2D eigenvalue weighted by molar-refractivity contribution is 7.98. The normalized spacial score (nSPS) is 11.4. The molecule has 0 amide bonds. The van der Waals surface area contributed by atoms with Crippen LogP contribution >= 0.6 is 23.1 Å². The molecule has 2 aromatic carbocycles. The first kappa shape index (κ1) is 20.3. The highest BCUT2D eigenvalue weighted by atomic mass is 32.2. The number of hydrogen-bond acceptors (Lipinski definition) is 6. The number of aromatic hydroxyl groups is 1. The molecular weight excluding hydrogens is 449 g/mol. The Morgan fingerprint density at radius 3 is 2.47 bits per heavy atom. The van der Waals surface area contributed by atoms with E-state index in [1.165, 1.54) is 5.51 Å². The molecule has 2 aromatic heterocycles. The monoisotopic (exact) mass is 457 g/mol. The Balaban J connectivity index is 1.87. The predicted molar refractivity (Wildman–Crippen MR) is 100 cm³/mol. The number of benzene rings is 2. The van der Waals surface area contributed by atoms with Crippen molar-refractivity contribution in [3.05, 3.63) is 74.8 Å². The van der Waals surface area contributed by atoms with E-state index >= 15 is 0 Å². The molecule has 0 aliphatic rings. The Kier molecular flexibility index (Phi) is 5.20. The van der Waals surface area contributed by atoms with Gasteiger partial charge in [0.15, 0.2) is 22.4 Å². The van der Waals surface area contributed by atoms with Crippen molar-refractivity contribution in [2.75, 3.05) is 0 Å². The lowest BCUT2D eigenvalue weighted by Crippen LogP contribution is -2.22. The molecule has 4 rings (SSSR count). The predicted octanol–water partition coefficient (Wildman–Crippen LogP) is 4.54. The lowest BCUT2D eigenvalue weighted by atomic mass is 10.2. The van der Waals surface area contributed by atoms with E-state index in [9.17, 15) is 31.9 Å². The van der Waals surface area contributed by atoms with Gasteiger partial charge in [0.05, 0.1) is 11.2 Å². The molecular formula is C18H8F5N3O2S2. The maximum absolute atomic E-state index is 14.5. The second-order valence-electron chi connectivity index (χ2n) is 5.91. The van der Waals surface area contributed by atoms with E-state index in [4.69, 9.17) is 0 Å². The third-order valence-corrected chi connectivity index (χ3v) is 5.84. The van der Waals surface area contributed by atoms with Crippen molar-refractivity contribution in [1.82, 2.24) is 14.5 Å². The van der Waals surface area contributed by atoms with Crippen LogP contribution in [0.2, 0.25) is 0 Å². The molecule has 0 saturated heterocycles. The van der Waals surface area contributed by atoms with Crippen LogP contribution in [0.1, 0.15) is 5.56 Å². The van der Waals surface area contributed by atoms with Crippen LogP contribution in [0.5, 0.6) is 5.75 Å². The van der Waals surface area contributed by atoms with Crippen LogP contribution in [-0.2, 0) is 5.75 Å². The van der Waals surface area contributed by atoms with E-state index in [1.807, 2.05) is 0 Å². The van der Waals surface area contributed by atoms with Crippen LogP contribution in [-0.4, -0.2) is 19.6 Å². The fourth-order valence-corrected chi connectivity index (χ4v) is 4.32. The molecule has 5 nitrogen and oxygen atoms in total. The molecule has 12 heteroatoms. The average Bonchev–Trinajstić information content (AvgIpc) is 3.15. The van der Waals surface area contributed by atoms with Crippen molar-refractivity contribution in [2.24, 2.45) is 0 Å². The molecule has 154 valence electrons. The molecule has 0 bridgehead atoms. The number of rotatable bonds is 4. The number of thiazole rings is 1. The molecule has 0 fully saturated rings. The largest absolute Gasteiger partial charge is 0.505 e. The molecule has 0 aliphatic carbocycles. The summed E-state index contributed by atoms with van der Waals surface area (Å²) in [4.78, 5) is 20.9. The maximum Gasteiger partial charge on any atom is 0.278 e. The highest BCUT2D eigenvalue weighted by Gasteiger charge is 2.22. The van der Waals surface area contributed by atoms with Crippen molar-refractivity contribution in [2.45, 2.75) is 10.9 Å². The van der Waals surface area contributed by atoms with Gasteiger partial charge in [0, 0.05) is 23.4 Å². The zero-order valence-electron chi connectivity index (χ0n) is 14.5. The van der Waals surface area contributed by atoms with E-state index in [1.54, 1.807) is 0 Å². The zero-order chi connectivity index (χ0) is 21.6. The fourth-order valence-electron chi connectivity index (χ4n) is 2.65. The number of phenolic OH excluding ortho intramolecular Hbond substituents is 1. The average molecular weight is 457 g/mol. The second kappa shape index (κ2) is 7.69. The molecule has 30 heavy (non-hydrogen) atoms. The standard InChI is InChI=1S/C18H8F5N3O2S2/c19-7-3-9(20)8(10(21)4-7)5-29-18-25-16-15(30-6-24-16)17(28)26(18)11-1-2-12(27)14(23)13(11)22/h1-4,6,27H,5H2. The van der Waals surface area contributed by atoms with E-state index in [2.05, 4.69) is 9.97 Å². The van der Waals surface area contributed by atoms with Gasteiger partial charge in [-0.2, -0.15) is 4.39 Å². The van der Waals surface area contributed by atoms with Crippen LogP contribution < -0.4 is 5.56 Å². The first-order valence-corrected chi connectivity index (χ1v) is 9.94. The van der Waals surface area contributed by atoms with Gasteiger partial charge in [-0.1, -0.05) is 11.8 Å². The van der Waals surface area contributed by atoms with Gasteiger partial charge in [-0.15, -0.1) is 11.3 Å². The summed E-state index contributed by atoms with van der Waals surface area (Å²) >= 11 is 1.56. The number of aromatic nitrogens is 3. The summed E-state index contributed by atoms with van der Waals surface area (Å²) < 4.78 is 70.1. The van der Waals surface area contributed by atoms with Gasteiger partial charge in [-0.25, -0.2) is 27.5 Å². The van der Waals surface area contributed by atoms with Gasteiger partial charge in [0.1, 0.15) is 22.2 Å². The van der Waals surface area contributed by atoms with Gasteiger partial charge in [-0.3, -0.25) is 9.36 Å². The third-order valence-electron chi connectivity index (χ3n) is 4.07. The van der Waals surface area contributed by atoms with E-state index < -0.39 is 57.4 Å². The second-order valence-corrected chi connectivity index (χ2v) is 7.71. The van der Waals surface area contributed by atoms with E-state index in [0.29, 0.717) is 23.9 Å². The first-order valence-electron chi connectivity index (χ1n) is 8.07. The molecule has 0 spiro atoms. The summed E-state index contributed by atoms with van der Waals surface area (Å²) in [5.41, 5.74) is -0.485. The summed E-state index contributed by atoms with van der Waals surface area (Å²) in [5.74, 6) is -7.86. The topological polar surface area (TPSA) is 68.0 Å². The fraction of sp³-hybridized carbons (Fsp3) is 0.0556. The van der Waals surface area contributed by atoms with Crippen LogP contribution in [0.3, 0.4) is 0 Å². The van der Waals surface area contributed by atoms with Crippen molar-refractivity contribution in [3.8, 4) is 11.4 Å². The highest BCUT2D eigenvalue weighted by Crippen LogP contribution is 2.30. The number of phenols is 1. The zero-order valence-corrected chi connectivity index (χ0v) is 16.1. The van der Waals surface area contributed by atoms with Gasteiger partial charge in [0.2, 0.25) is 5.82 Å². The van der Waals surface area contributed by atoms with Gasteiger partial charge >= 0.3 is 0 Å². The molecule has 2 heterocycles. The summed E-state index contributed by atoms with van der Waals surface area (Å²) in [6.45, 7) is 0. The minimum atomic E-state index is -1.57. The SMILES string of the molecule is O=c1c2scnc2nc(SCc2c(F)cc(F)cc2F)n1-c1ccc(O)c(F)c1F. The van der Waals surface area contributed by atoms with Crippen LogP contribution in [0.4, 0.5) is 22.0 Å². The molecule has 0 aliphatic heterocycles. The quantitative estimate of drug-likeness (QED) is 0.277. The van der Waals surface area contributed by atoms with Crippen molar-refractivity contribution in [1.29, 1.82) is 0 Å². The Bertz CT molecular complexity index is 1330. The molecule has 0 unspecified atom stereocenters. The third kappa shape index (κ3) is 3.41. The molecule has 0 atom stereocenters. The van der Waals surface area contributed by atoms with E-state index in [0.717, 1.165) is 28.0 Å². The van der Waals surface area contributed by atoms with Gasteiger partial charge in [-0.05, 0) is 12.1 Å². The summed E-state index contributed by atoms with van der Waals surface area (Å²) in [6.07, 6.45) is 0. The number of fused-ring (bicyclic) bond motifs is 1. The van der Waals surface area contributed by atoms with Crippen LogP contribution in [0, 0.1) is 29.1 Å². The minimum Gasteiger partial charge on any atom is -0.505 e. The van der Waals surface area contributed by atoms with Gasteiger partial charge < -0.3 is 5.11 Å². The molecule has 0 radical (unpaired) electrons. The Morgan fingerprint density at radius 1 is 1.07 bits per heavy atom. The Labute approximate surface area is 172 Å². The van der Waals surface area contributed by atoms with Gasteiger partial charge in [0.25, 0.3) is 5.56 Å². The van der Waals surface area contributed by atoms with Crippen LogP contribution in [0.25, 0.3) is 16.0 Å². The lowest BCUT2D eigenvalue weighted by Gasteiger charge is -2.13. The lowest BCUT2D eigenvalue weighted by molar-refractivity contribution is 0.405. The number of hydrogen-bond donors (Lipinski definition) is 1. The minimum absolute atomic E-state index is 0.0171. The van der Waals surface area contributed by atoms with Crippen molar-refractivity contribution < 1.29 is 27.1 Å². The maximum atomic E-state index is 14.5. The summed E-state index contributed by atoms with van der Waals surface area (Å²) in [5, 5.41) is 9.11. The van der Waals surface area contributed by atoms with Crippen LogP contribution in [0.15, 0.2) is 39.7 Å². The summed E-state index contributed by atoms with van der Waals surface area (Å²) in [6, 6.07) is 2.81. The number of nitrogens with zero attached hydrogens (tertiary/aromatic N) is 3. The Morgan fingerprint density at radius 2 is 1.77 bits per heavy atom. The molecule has 1 N–H and O–H groups in total. The Hall–Kier alpha value is -2.99.